The molecule has 0 unspecified atom stereocenters. The standard InChI is InChI=1S/C20H21F2N3O4/c1-29-18-15-9(17(26)10(19(27)28)6-25(15)13-5-11(13)21)4-12(22)16(18)24-7-14(23)20(8-24)2-3-20/h4,6,11,13-14H,2-3,5,7-8,23H2,1H3,(H,27,28)/t11-,13+,14+/m0/s1. The Morgan fingerprint density at radius 1 is 1.41 bits per heavy atom. The van der Waals surface area contributed by atoms with Crippen molar-refractivity contribution in [3.05, 3.63) is 33.9 Å². The highest BCUT2D eigenvalue weighted by Crippen LogP contribution is 2.54. The molecule has 0 amide bonds. The lowest BCUT2D eigenvalue weighted by atomic mass is 10.0. The van der Waals surface area contributed by atoms with Gasteiger partial charge >= 0.3 is 5.97 Å². The summed E-state index contributed by atoms with van der Waals surface area (Å²) in [5, 5.41) is 9.25. The second-order valence-electron chi connectivity index (χ2n) is 8.39. The molecule has 1 aromatic heterocycles. The summed E-state index contributed by atoms with van der Waals surface area (Å²) in [5.41, 5.74) is 5.31. The van der Waals surface area contributed by atoms with Crippen LogP contribution < -0.4 is 20.8 Å². The normalized spacial score (nSPS) is 26.9. The lowest BCUT2D eigenvalue weighted by Gasteiger charge is -2.24. The zero-order chi connectivity index (χ0) is 20.7. The number of carbonyl (C=O) groups is 1. The van der Waals surface area contributed by atoms with Gasteiger partial charge in [0.2, 0.25) is 5.43 Å². The number of aromatic carboxylic acids is 1. The van der Waals surface area contributed by atoms with Crippen LogP contribution in [0.15, 0.2) is 17.1 Å². The summed E-state index contributed by atoms with van der Waals surface area (Å²) in [5.74, 6) is -2.01. The van der Waals surface area contributed by atoms with Gasteiger partial charge in [0.05, 0.1) is 24.1 Å². The molecule has 0 bridgehead atoms. The molecule has 0 radical (unpaired) electrons. The highest BCUT2D eigenvalue weighted by molar-refractivity contribution is 5.97. The number of benzene rings is 1. The number of aromatic nitrogens is 1. The van der Waals surface area contributed by atoms with Gasteiger partial charge in [0.15, 0.2) is 11.6 Å². The molecule has 7 nitrogen and oxygen atoms in total. The smallest absolute Gasteiger partial charge is 0.341 e. The van der Waals surface area contributed by atoms with Gasteiger partial charge in [-0.1, -0.05) is 0 Å². The highest BCUT2D eigenvalue weighted by atomic mass is 19.1. The number of ether oxygens (including phenoxy) is 1. The van der Waals surface area contributed by atoms with Crippen molar-refractivity contribution in [3.63, 3.8) is 0 Å². The molecule has 154 valence electrons. The molecule has 1 aromatic carbocycles. The van der Waals surface area contributed by atoms with Gasteiger partial charge in [-0.2, -0.15) is 0 Å². The fourth-order valence-electron chi connectivity index (χ4n) is 4.64. The summed E-state index contributed by atoms with van der Waals surface area (Å²) in [6.45, 7) is 1.03. The minimum Gasteiger partial charge on any atom is -0.492 e. The summed E-state index contributed by atoms with van der Waals surface area (Å²) < 4.78 is 36.1. The molecule has 2 aliphatic carbocycles. The number of halogens is 2. The number of hydrogen-bond donors (Lipinski definition) is 2. The average molecular weight is 405 g/mol. The maximum Gasteiger partial charge on any atom is 0.341 e. The second-order valence-corrected chi connectivity index (χ2v) is 8.39. The Bertz CT molecular complexity index is 1110. The van der Waals surface area contributed by atoms with E-state index >= 15 is 4.39 Å². The van der Waals surface area contributed by atoms with Gasteiger partial charge < -0.3 is 25.0 Å². The summed E-state index contributed by atoms with van der Waals surface area (Å²) in [7, 11) is 1.36. The lowest BCUT2D eigenvalue weighted by Crippen LogP contribution is -2.30. The number of alkyl halides is 1. The summed E-state index contributed by atoms with van der Waals surface area (Å²) in [6, 6.07) is 0.342. The number of nitrogens with two attached hydrogens (primary N) is 1. The third-order valence-corrected chi connectivity index (χ3v) is 6.59. The van der Waals surface area contributed by atoms with E-state index in [4.69, 9.17) is 10.5 Å². The van der Waals surface area contributed by atoms with Crippen LogP contribution in [0.5, 0.6) is 5.75 Å². The van der Waals surface area contributed by atoms with Crippen LogP contribution in [-0.4, -0.2) is 48.1 Å². The third kappa shape index (κ3) is 2.56. The second kappa shape index (κ2) is 5.91. The molecule has 1 spiro atoms. The summed E-state index contributed by atoms with van der Waals surface area (Å²) in [6.07, 6.45) is 2.15. The monoisotopic (exact) mass is 405 g/mol. The predicted molar refractivity (Wildman–Crippen MR) is 102 cm³/mol. The van der Waals surface area contributed by atoms with Gasteiger partial charge in [0.25, 0.3) is 0 Å². The first kappa shape index (κ1) is 18.4. The number of pyridine rings is 1. The van der Waals surface area contributed by atoms with Gasteiger partial charge in [0, 0.05) is 37.2 Å². The van der Waals surface area contributed by atoms with Crippen LogP contribution in [0.1, 0.15) is 35.7 Å². The van der Waals surface area contributed by atoms with Crippen LogP contribution in [0.2, 0.25) is 0 Å². The zero-order valence-corrected chi connectivity index (χ0v) is 15.8. The molecule has 9 heteroatoms. The lowest BCUT2D eigenvalue weighted by molar-refractivity contribution is 0.0694. The van der Waals surface area contributed by atoms with E-state index in [0.29, 0.717) is 13.1 Å². The van der Waals surface area contributed by atoms with Crippen molar-refractivity contribution in [3.8, 4) is 5.75 Å². The largest absolute Gasteiger partial charge is 0.492 e. The topological polar surface area (TPSA) is 97.8 Å². The number of methoxy groups -OCH3 is 1. The molecule has 1 saturated heterocycles. The fraction of sp³-hybridized carbons (Fsp3) is 0.500. The number of rotatable bonds is 4. The van der Waals surface area contributed by atoms with E-state index in [-0.39, 0.29) is 40.2 Å². The van der Waals surface area contributed by atoms with Gasteiger partial charge in [0.1, 0.15) is 17.4 Å². The first-order valence-electron chi connectivity index (χ1n) is 9.60. The van der Waals surface area contributed by atoms with Crippen LogP contribution >= 0.6 is 0 Å². The molecule has 3 fully saturated rings. The maximum absolute atomic E-state index is 15.2. The molecule has 2 aromatic rings. The Kier molecular flexibility index (Phi) is 3.74. The molecule has 1 aliphatic heterocycles. The van der Waals surface area contributed by atoms with Crippen molar-refractivity contribution < 1.29 is 23.4 Å². The van der Waals surface area contributed by atoms with E-state index in [1.54, 1.807) is 0 Å². The highest BCUT2D eigenvalue weighted by Gasteiger charge is 2.54. The van der Waals surface area contributed by atoms with Crippen LogP contribution in [0.25, 0.3) is 10.9 Å². The molecule has 2 heterocycles. The van der Waals surface area contributed by atoms with Gasteiger partial charge in [-0.15, -0.1) is 0 Å². The zero-order valence-electron chi connectivity index (χ0n) is 15.8. The molecule has 2 saturated carbocycles. The average Bonchev–Trinajstić information content (AvgIpc) is 3.56. The van der Waals surface area contributed by atoms with Crippen molar-refractivity contribution in [1.29, 1.82) is 0 Å². The number of carboxylic acids is 1. The Labute approximate surface area is 164 Å². The minimum atomic E-state index is -1.44. The predicted octanol–water partition coefficient (Wildman–Crippen LogP) is 2.06. The van der Waals surface area contributed by atoms with Crippen molar-refractivity contribution in [1.82, 2.24) is 4.57 Å². The molecule has 29 heavy (non-hydrogen) atoms. The minimum absolute atomic E-state index is 0.0141. The van der Waals surface area contributed by atoms with E-state index in [1.807, 2.05) is 4.90 Å². The fourth-order valence-corrected chi connectivity index (χ4v) is 4.64. The van der Waals surface area contributed by atoms with E-state index in [2.05, 4.69) is 0 Å². The number of hydrogen-bond acceptors (Lipinski definition) is 5. The van der Waals surface area contributed by atoms with Gasteiger partial charge in [-0.3, -0.25) is 4.79 Å². The summed E-state index contributed by atoms with van der Waals surface area (Å²) in [4.78, 5) is 26.1. The molecular formula is C20H21F2N3O4. The van der Waals surface area contributed by atoms with Crippen molar-refractivity contribution in [2.24, 2.45) is 11.1 Å². The van der Waals surface area contributed by atoms with Crippen molar-refractivity contribution >= 4 is 22.6 Å². The number of anilines is 1. The Balaban J connectivity index is 1.78. The van der Waals surface area contributed by atoms with Crippen LogP contribution in [0, 0.1) is 11.2 Å². The van der Waals surface area contributed by atoms with E-state index in [9.17, 15) is 19.1 Å². The SMILES string of the molecule is COc1c(N2C[C@@H](N)C3(CC3)C2)c(F)cc2c(=O)c(C(=O)O)cn([C@@H]3C[C@@H]3F)c12. The molecule has 3 atom stereocenters. The maximum atomic E-state index is 15.2. The Hall–Kier alpha value is -2.68. The van der Waals surface area contributed by atoms with Crippen LogP contribution in [0.3, 0.4) is 0 Å². The van der Waals surface area contributed by atoms with Crippen molar-refractivity contribution in [2.75, 3.05) is 25.1 Å². The number of fused-ring (bicyclic) bond motifs is 1. The quantitative estimate of drug-likeness (QED) is 0.808. The molecule has 3 N–H and O–H groups in total. The Morgan fingerprint density at radius 3 is 2.62 bits per heavy atom. The van der Waals surface area contributed by atoms with Gasteiger partial charge in [-0.25, -0.2) is 13.6 Å². The Morgan fingerprint density at radius 2 is 2.10 bits per heavy atom. The van der Waals surface area contributed by atoms with Crippen LogP contribution in [-0.2, 0) is 0 Å². The summed E-state index contributed by atoms with van der Waals surface area (Å²) >= 11 is 0. The van der Waals surface area contributed by atoms with Gasteiger partial charge in [-0.05, 0) is 18.9 Å². The van der Waals surface area contributed by atoms with Crippen LogP contribution in [0.4, 0.5) is 14.5 Å². The molecular weight excluding hydrogens is 384 g/mol. The first-order valence-corrected chi connectivity index (χ1v) is 9.60. The van der Waals surface area contributed by atoms with E-state index < -0.39 is 35.0 Å². The first-order chi connectivity index (χ1) is 13.8. The molecule has 5 rings (SSSR count). The number of nitrogens with zero attached hydrogens (tertiary/aromatic N) is 2. The van der Waals surface area contributed by atoms with E-state index in [0.717, 1.165) is 25.1 Å². The van der Waals surface area contributed by atoms with E-state index in [1.165, 1.54) is 11.7 Å². The number of carboxylic acid groups (broad SMARTS) is 1. The molecule has 3 aliphatic rings. The third-order valence-electron chi connectivity index (χ3n) is 6.59. The van der Waals surface area contributed by atoms with Crippen molar-refractivity contribution in [2.45, 2.75) is 37.5 Å².